The van der Waals surface area contributed by atoms with Gasteiger partial charge in [-0.25, -0.2) is 9.98 Å². The average Bonchev–Trinajstić information content (AvgIpc) is 2.99. The van der Waals surface area contributed by atoms with Gasteiger partial charge < -0.3 is 34.3 Å². The fourth-order valence-electron chi connectivity index (χ4n) is 2.46. The largest absolute Gasteiger partial charge is 2.00 e. The smallest absolute Gasteiger partial charge is 1.00 e. The first-order valence-corrected chi connectivity index (χ1v) is 7.35. The van der Waals surface area contributed by atoms with Gasteiger partial charge in [0.1, 0.15) is 6.04 Å². The number of nitrogens with two attached hydrogens (primary N) is 1. The van der Waals surface area contributed by atoms with E-state index >= 15 is 0 Å². The standard InChI is InChI=1S/C9H7N.C7H11N5O.ClH.H3N.Pt/c1-2-4-9-7-10-6-5-8(9)3-1;1-2-12-3-9-4-5(12)10-7(8)11-6(4)13;;;/h1-7H;3-5H,2H2,1H3,(H3,8,10,11,13);1H;1H3;/q;;;;+2/p-2. The number of likely N-dealkylation sites (N-methyl/N-ethyl adjacent to an activating group) is 1. The van der Waals surface area contributed by atoms with Gasteiger partial charge in [-0.1, -0.05) is 24.3 Å². The Labute approximate surface area is 172 Å². The van der Waals surface area contributed by atoms with Crippen LogP contribution in [0, 0.1) is 0 Å². The second-order valence-electron chi connectivity index (χ2n) is 5.11. The fourth-order valence-corrected chi connectivity index (χ4v) is 2.46. The number of guanidine groups is 1. The molecular formula is C16H20ClN7OPt. The second-order valence-corrected chi connectivity index (χ2v) is 5.11. The van der Waals surface area contributed by atoms with Gasteiger partial charge in [-0.3, -0.25) is 9.98 Å². The van der Waals surface area contributed by atoms with Crippen LogP contribution in [0.3, 0.4) is 0 Å². The van der Waals surface area contributed by atoms with Crippen LogP contribution in [0.25, 0.3) is 10.8 Å². The van der Waals surface area contributed by atoms with E-state index in [1.54, 1.807) is 6.34 Å². The van der Waals surface area contributed by atoms with Gasteiger partial charge in [0.2, 0.25) is 5.96 Å². The molecule has 0 bridgehead atoms. The van der Waals surface area contributed by atoms with E-state index in [1.807, 2.05) is 42.4 Å². The van der Waals surface area contributed by atoms with Crippen LogP contribution >= 0.6 is 0 Å². The quantitative estimate of drug-likeness (QED) is 0.401. The van der Waals surface area contributed by atoms with Crippen molar-refractivity contribution in [3.05, 3.63) is 42.7 Å². The summed E-state index contributed by atoms with van der Waals surface area (Å²) in [6, 6.07) is 9.72. The van der Waals surface area contributed by atoms with Crippen LogP contribution in [0.2, 0.25) is 0 Å². The number of benzene rings is 1. The van der Waals surface area contributed by atoms with Crippen molar-refractivity contribution in [2.75, 3.05) is 6.54 Å². The maximum atomic E-state index is 11.3. The first-order chi connectivity index (χ1) is 11.2. The summed E-state index contributed by atoms with van der Waals surface area (Å²) in [6.07, 6.45) is 5.04. The number of halogens is 1. The van der Waals surface area contributed by atoms with E-state index in [-0.39, 0.29) is 57.6 Å². The molecule has 4 rings (SSSR count). The van der Waals surface area contributed by atoms with Crippen LogP contribution in [0.5, 0.6) is 0 Å². The van der Waals surface area contributed by atoms with Crippen molar-refractivity contribution in [3.63, 3.8) is 0 Å². The number of hydrogen-bond donors (Lipinski definition) is 2. The number of nitrogens with zero attached hydrogens (tertiary/aromatic N) is 5. The molecule has 2 atom stereocenters. The van der Waals surface area contributed by atoms with Crippen LogP contribution in [-0.4, -0.2) is 46.8 Å². The number of pyridine rings is 1. The number of fused-ring (bicyclic) bond motifs is 2. The van der Waals surface area contributed by atoms with Gasteiger partial charge in [0.15, 0.2) is 6.17 Å². The Morgan fingerprint density at radius 3 is 2.54 bits per heavy atom. The maximum Gasteiger partial charge on any atom is 2.00 e. The molecular weight excluding hydrogens is 537 g/mol. The van der Waals surface area contributed by atoms with E-state index in [1.165, 1.54) is 10.8 Å². The molecule has 5 N–H and O–H groups in total. The molecule has 10 heteroatoms. The summed E-state index contributed by atoms with van der Waals surface area (Å²) in [7, 11) is 0. The molecule has 3 heterocycles. The van der Waals surface area contributed by atoms with Gasteiger partial charge in [0.25, 0.3) is 0 Å². The Morgan fingerprint density at radius 2 is 1.88 bits per heavy atom. The van der Waals surface area contributed by atoms with E-state index in [0.29, 0.717) is 0 Å². The second kappa shape index (κ2) is 10.9. The molecule has 8 nitrogen and oxygen atoms in total. The minimum Gasteiger partial charge on any atom is -1.00 e. The zero-order chi connectivity index (χ0) is 16.2. The van der Waals surface area contributed by atoms with Crippen molar-refractivity contribution in [1.82, 2.24) is 16.0 Å². The van der Waals surface area contributed by atoms with Gasteiger partial charge in [-0.05, 0) is 29.7 Å². The molecule has 1 aromatic heterocycles. The Morgan fingerprint density at radius 1 is 1.19 bits per heavy atom. The summed E-state index contributed by atoms with van der Waals surface area (Å²) in [6.45, 7) is 2.73. The average molecular weight is 557 g/mol. The van der Waals surface area contributed by atoms with E-state index in [9.17, 15) is 5.11 Å². The summed E-state index contributed by atoms with van der Waals surface area (Å²) in [5.74, 6) is -0.250. The number of hydrogen-bond acceptors (Lipinski definition) is 8. The number of aliphatic imine (C=N–C) groups is 3. The molecule has 2 aliphatic heterocycles. The molecule has 0 fully saturated rings. The Balaban J connectivity index is 0.000000441. The van der Waals surface area contributed by atoms with Crippen molar-refractivity contribution >= 4 is 29.0 Å². The monoisotopic (exact) mass is 556 g/mol. The third-order valence-corrected chi connectivity index (χ3v) is 3.66. The molecule has 0 spiro atoms. The zero-order valence-corrected chi connectivity index (χ0v) is 17.1. The van der Waals surface area contributed by atoms with Gasteiger partial charge in [-0.15, -0.1) is 0 Å². The summed E-state index contributed by atoms with van der Waals surface area (Å²) < 4.78 is 0. The molecule has 0 saturated carbocycles. The Kier molecular flexibility index (Phi) is 10.0. The summed E-state index contributed by atoms with van der Waals surface area (Å²) >= 11 is 0. The van der Waals surface area contributed by atoms with Gasteiger partial charge in [0, 0.05) is 18.9 Å². The minimum atomic E-state index is -0.479. The maximum absolute atomic E-state index is 11.3. The molecule has 0 saturated heterocycles. The Bertz CT molecular complexity index is 734. The van der Waals surface area contributed by atoms with Crippen LogP contribution in [-0.2, 0) is 21.1 Å². The van der Waals surface area contributed by atoms with Gasteiger partial charge >= 0.3 is 21.1 Å². The molecule has 2 aliphatic rings. The van der Waals surface area contributed by atoms with E-state index in [0.717, 1.165) is 6.54 Å². The number of rotatable bonds is 1. The third kappa shape index (κ3) is 5.24. The van der Waals surface area contributed by atoms with E-state index in [4.69, 9.17) is 5.73 Å². The van der Waals surface area contributed by atoms with E-state index < -0.39 is 6.04 Å². The molecule has 142 valence electrons. The van der Waals surface area contributed by atoms with Crippen LogP contribution in [0.1, 0.15) is 6.92 Å². The molecule has 26 heavy (non-hydrogen) atoms. The normalized spacial score (nSPS) is 19.5. The van der Waals surface area contributed by atoms with Gasteiger partial charge in [-0.2, -0.15) is 0 Å². The first-order valence-electron chi connectivity index (χ1n) is 7.35. The summed E-state index contributed by atoms with van der Waals surface area (Å²) in [4.78, 5) is 17.5. The van der Waals surface area contributed by atoms with Crippen molar-refractivity contribution in [1.29, 1.82) is 0 Å². The van der Waals surface area contributed by atoms with Crippen molar-refractivity contribution in [2.24, 2.45) is 20.7 Å². The van der Waals surface area contributed by atoms with Crippen molar-refractivity contribution in [3.8, 4) is 0 Å². The van der Waals surface area contributed by atoms with Crippen LogP contribution in [0.4, 0.5) is 0 Å². The van der Waals surface area contributed by atoms with Crippen LogP contribution in [0.15, 0.2) is 57.7 Å². The number of aromatic nitrogens is 1. The summed E-state index contributed by atoms with van der Waals surface area (Å²) in [5, 5.41) is 13.7. The first kappa shape index (κ1) is 24.0. The predicted molar refractivity (Wildman–Crippen MR) is 94.3 cm³/mol. The topological polar surface area (TPSA) is 137 Å². The molecule has 2 unspecified atom stereocenters. The molecule has 0 aliphatic carbocycles. The zero-order valence-electron chi connectivity index (χ0n) is 14.1. The van der Waals surface area contributed by atoms with Crippen molar-refractivity contribution in [2.45, 2.75) is 19.1 Å². The third-order valence-electron chi connectivity index (χ3n) is 3.66. The molecule has 1 aromatic carbocycles. The Hall–Kier alpha value is -2.02. The molecule has 2 aromatic rings. The van der Waals surface area contributed by atoms with Gasteiger partial charge in [0.05, 0.1) is 6.34 Å². The minimum absolute atomic E-state index is 0. The van der Waals surface area contributed by atoms with Crippen LogP contribution < -0.4 is 29.4 Å². The summed E-state index contributed by atoms with van der Waals surface area (Å²) in [5.41, 5.74) is 5.38. The fraction of sp³-hybridized carbons (Fsp3) is 0.250. The SMILES string of the molecule is CCN1C=NC2C([O-])=NC(N)=NC21.N.[Cl-].[Pt+2].c1ccc2cnccc2c1. The van der Waals surface area contributed by atoms with E-state index in [2.05, 4.69) is 32.1 Å². The molecule has 0 amide bonds. The van der Waals surface area contributed by atoms with Crippen molar-refractivity contribution < 1.29 is 38.6 Å². The predicted octanol–water partition coefficient (Wildman–Crippen LogP) is -2.47. The molecule has 0 radical (unpaired) electrons.